The van der Waals surface area contributed by atoms with Crippen molar-refractivity contribution >= 4 is 34.5 Å². The van der Waals surface area contributed by atoms with Gasteiger partial charge < -0.3 is 19.3 Å². The van der Waals surface area contributed by atoms with E-state index in [9.17, 15) is 38.0 Å². The van der Waals surface area contributed by atoms with E-state index in [0.717, 1.165) is 11.6 Å². The summed E-state index contributed by atoms with van der Waals surface area (Å²) in [6, 6.07) is 19.1. The summed E-state index contributed by atoms with van der Waals surface area (Å²) in [7, 11) is 0. The van der Waals surface area contributed by atoms with Crippen molar-refractivity contribution in [2.75, 3.05) is 39.3 Å². The highest BCUT2D eigenvalue weighted by Crippen LogP contribution is 2.44. The first-order valence-electron chi connectivity index (χ1n) is 15.0. The van der Waals surface area contributed by atoms with Crippen LogP contribution in [0.15, 0.2) is 85.1 Å². The summed E-state index contributed by atoms with van der Waals surface area (Å²) in [6.45, 7) is 1.74. The molecule has 1 aliphatic rings. The fraction of sp³-hybridized carbons (Fsp3) is 0.294. The van der Waals surface area contributed by atoms with Crippen LogP contribution in [0.3, 0.4) is 0 Å². The van der Waals surface area contributed by atoms with Gasteiger partial charge in [0.25, 0.3) is 11.6 Å². The lowest BCUT2D eigenvalue weighted by molar-refractivity contribution is -0.384. The highest BCUT2D eigenvalue weighted by Gasteiger charge is 2.57. The number of hydrogen-bond acceptors (Lipinski definition) is 7. The number of ether oxygens (including phenoxy) is 1. The van der Waals surface area contributed by atoms with Crippen LogP contribution in [0.25, 0.3) is 17.0 Å². The summed E-state index contributed by atoms with van der Waals surface area (Å²) in [5, 5.41) is 23.0. The van der Waals surface area contributed by atoms with Gasteiger partial charge in [-0.15, -0.1) is 0 Å². The van der Waals surface area contributed by atoms with Crippen molar-refractivity contribution in [2.24, 2.45) is 0 Å². The lowest BCUT2D eigenvalue weighted by Gasteiger charge is -2.40. The van der Waals surface area contributed by atoms with Crippen molar-refractivity contribution in [3.63, 3.8) is 0 Å². The van der Waals surface area contributed by atoms with E-state index in [1.54, 1.807) is 67.6 Å². The van der Waals surface area contributed by atoms with Crippen molar-refractivity contribution in [1.29, 1.82) is 0 Å². The summed E-state index contributed by atoms with van der Waals surface area (Å²) in [5.41, 5.74) is -1.95. The third kappa shape index (κ3) is 7.36. The van der Waals surface area contributed by atoms with Gasteiger partial charge >= 0.3 is 12.1 Å². The lowest BCUT2D eigenvalue weighted by atomic mass is 9.91. The molecule has 1 aliphatic heterocycles. The van der Waals surface area contributed by atoms with E-state index in [-0.39, 0.29) is 61.8 Å². The van der Waals surface area contributed by atoms with Gasteiger partial charge in [-0.05, 0) is 42.3 Å². The molecule has 4 aromatic rings. The van der Waals surface area contributed by atoms with E-state index in [1.165, 1.54) is 38.8 Å². The summed E-state index contributed by atoms with van der Waals surface area (Å²) in [6.07, 6.45) is -1.02. The minimum absolute atomic E-state index is 0.0562. The Morgan fingerprint density at radius 2 is 1.68 bits per heavy atom. The maximum Gasteiger partial charge on any atom is 0.422 e. The lowest BCUT2D eigenvalue weighted by Crippen LogP contribution is -2.56. The zero-order chi connectivity index (χ0) is 33.8. The molecule has 1 amide bonds. The zero-order valence-electron chi connectivity index (χ0n) is 25.5. The van der Waals surface area contributed by atoms with Crippen LogP contribution in [0, 0.1) is 10.1 Å². The third-order valence-corrected chi connectivity index (χ3v) is 8.15. The minimum atomic E-state index is -5.09. The van der Waals surface area contributed by atoms with Crippen LogP contribution in [-0.2, 0) is 21.7 Å². The number of piperazine rings is 1. The van der Waals surface area contributed by atoms with Crippen molar-refractivity contribution in [3.05, 3.63) is 117 Å². The normalized spacial score (nSPS) is 15.6. The van der Waals surface area contributed by atoms with Gasteiger partial charge in [-0.3, -0.25) is 19.8 Å². The standard InChI is InChI=1S/C34H33F3N4O6/c1-2-47-31(42)15-10-24-8-11-26(12-9-24)32(43)39-18-16-38(17-19-39)23-33(44,34(35,36)37)29-22-40(21-25-6-4-3-5-7-25)30-20-27(41(45)46)13-14-28(29)30/h3-15,20,22,44H,2,16-19,21,23H2,1H3. The first-order chi connectivity index (χ1) is 22.4. The fourth-order valence-corrected chi connectivity index (χ4v) is 5.67. The Kier molecular flexibility index (Phi) is 9.77. The number of aromatic nitrogens is 1. The average Bonchev–Trinajstić information content (AvgIpc) is 3.42. The predicted molar refractivity (Wildman–Crippen MR) is 169 cm³/mol. The maximum absolute atomic E-state index is 14.8. The number of hydrogen-bond donors (Lipinski definition) is 1. The minimum Gasteiger partial charge on any atom is -0.463 e. The molecule has 1 unspecified atom stereocenters. The van der Waals surface area contributed by atoms with Crippen molar-refractivity contribution in [1.82, 2.24) is 14.4 Å². The molecule has 246 valence electrons. The van der Waals surface area contributed by atoms with Gasteiger partial charge in [0, 0.05) is 80.2 Å². The van der Waals surface area contributed by atoms with Gasteiger partial charge in [0.1, 0.15) is 0 Å². The molecule has 0 saturated carbocycles. The molecule has 2 heterocycles. The molecule has 0 bridgehead atoms. The summed E-state index contributed by atoms with van der Waals surface area (Å²) in [4.78, 5) is 38.6. The zero-order valence-corrected chi connectivity index (χ0v) is 25.5. The third-order valence-electron chi connectivity index (χ3n) is 8.15. The van der Waals surface area contributed by atoms with E-state index in [0.29, 0.717) is 11.1 Å². The van der Waals surface area contributed by atoms with Crippen molar-refractivity contribution in [3.8, 4) is 0 Å². The quantitative estimate of drug-likeness (QED) is 0.106. The Bertz CT molecular complexity index is 1780. The summed E-state index contributed by atoms with van der Waals surface area (Å²) >= 11 is 0. The highest BCUT2D eigenvalue weighted by atomic mass is 19.4. The Balaban J connectivity index is 1.34. The topological polar surface area (TPSA) is 118 Å². The molecule has 0 aliphatic carbocycles. The van der Waals surface area contributed by atoms with E-state index in [2.05, 4.69) is 0 Å². The molecule has 10 nitrogen and oxygen atoms in total. The Morgan fingerprint density at radius 3 is 2.30 bits per heavy atom. The number of aliphatic hydroxyl groups is 1. The second kappa shape index (κ2) is 13.8. The van der Waals surface area contributed by atoms with E-state index in [4.69, 9.17) is 4.74 Å². The van der Waals surface area contributed by atoms with E-state index >= 15 is 0 Å². The molecule has 3 aromatic carbocycles. The number of rotatable bonds is 10. The average molecular weight is 651 g/mol. The number of alkyl halides is 3. The molecule has 0 radical (unpaired) electrons. The first-order valence-corrected chi connectivity index (χ1v) is 15.0. The number of nitro benzene ring substituents is 1. The molecule has 1 N–H and O–H groups in total. The molecular weight excluding hydrogens is 617 g/mol. The van der Waals surface area contributed by atoms with Crippen LogP contribution in [0.1, 0.15) is 34.0 Å². The van der Waals surface area contributed by atoms with Crippen LogP contribution in [0.5, 0.6) is 0 Å². The Morgan fingerprint density at radius 1 is 1.00 bits per heavy atom. The number of non-ortho nitro benzene ring substituents is 1. The molecule has 0 spiro atoms. The molecule has 47 heavy (non-hydrogen) atoms. The number of fused-ring (bicyclic) bond motifs is 1. The summed E-state index contributed by atoms with van der Waals surface area (Å²) < 4.78 is 50.8. The largest absolute Gasteiger partial charge is 0.463 e. The molecule has 13 heteroatoms. The second-order valence-corrected chi connectivity index (χ2v) is 11.2. The molecule has 1 atom stereocenters. The van der Waals surface area contributed by atoms with Gasteiger partial charge in [0.05, 0.1) is 17.0 Å². The molecule has 1 aromatic heterocycles. The number of benzene rings is 3. The van der Waals surface area contributed by atoms with Gasteiger partial charge in [0.15, 0.2) is 0 Å². The van der Waals surface area contributed by atoms with E-state index in [1.807, 2.05) is 0 Å². The highest BCUT2D eigenvalue weighted by molar-refractivity contribution is 5.95. The first kappa shape index (κ1) is 33.4. The Labute approximate surface area is 268 Å². The van der Waals surface area contributed by atoms with Crippen LogP contribution in [0.4, 0.5) is 18.9 Å². The van der Waals surface area contributed by atoms with Crippen LogP contribution in [-0.4, -0.2) is 81.8 Å². The monoisotopic (exact) mass is 650 g/mol. The van der Waals surface area contributed by atoms with Crippen LogP contribution >= 0.6 is 0 Å². The van der Waals surface area contributed by atoms with Gasteiger partial charge in [-0.25, -0.2) is 4.79 Å². The number of esters is 1. The Hall–Kier alpha value is -5.01. The van der Waals surface area contributed by atoms with Gasteiger partial charge in [-0.2, -0.15) is 13.2 Å². The number of halogens is 3. The molecular formula is C34H33F3N4O6. The number of amides is 1. The number of carbonyl (C=O) groups is 2. The predicted octanol–water partition coefficient (Wildman–Crippen LogP) is 5.38. The SMILES string of the molecule is CCOC(=O)C=Cc1ccc(C(=O)N2CCN(CC(O)(c3cn(Cc4ccccc4)c4cc([N+](=O)[O-])ccc34)C(F)(F)F)CC2)cc1. The number of carbonyl (C=O) groups excluding carboxylic acids is 2. The van der Waals surface area contributed by atoms with Gasteiger partial charge in [-0.1, -0.05) is 42.5 Å². The molecule has 1 saturated heterocycles. The second-order valence-electron chi connectivity index (χ2n) is 11.2. The van der Waals surface area contributed by atoms with Crippen molar-refractivity contribution < 1.29 is 37.5 Å². The van der Waals surface area contributed by atoms with E-state index < -0.39 is 34.8 Å². The van der Waals surface area contributed by atoms with Crippen LogP contribution in [0.2, 0.25) is 0 Å². The molecule has 1 fully saturated rings. The number of nitrogens with zero attached hydrogens (tertiary/aromatic N) is 4. The smallest absolute Gasteiger partial charge is 0.422 e. The van der Waals surface area contributed by atoms with Gasteiger partial charge in [0.2, 0.25) is 5.60 Å². The fourth-order valence-electron chi connectivity index (χ4n) is 5.67. The molecule has 5 rings (SSSR count). The number of nitro groups is 1. The number of β-amino-alcohol motifs (C(OH)–C–C–N with tert-alkyl or cyclic N) is 1. The van der Waals surface area contributed by atoms with Crippen LogP contribution < -0.4 is 0 Å². The summed E-state index contributed by atoms with van der Waals surface area (Å²) in [5.74, 6) is -0.771. The maximum atomic E-state index is 14.8. The van der Waals surface area contributed by atoms with Crippen molar-refractivity contribution in [2.45, 2.75) is 25.2 Å².